The molecule has 1 amide bonds. The molecule has 5 nitrogen and oxygen atoms in total. The van der Waals surface area contributed by atoms with E-state index < -0.39 is 30.0 Å². The molecular weight excluding hydrogens is 272 g/mol. The molecule has 0 aliphatic heterocycles. The van der Waals surface area contributed by atoms with Crippen molar-refractivity contribution in [2.45, 2.75) is 52.1 Å². The van der Waals surface area contributed by atoms with Crippen molar-refractivity contribution in [2.24, 2.45) is 0 Å². The Bertz CT molecular complexity index is 339. The molecule has 0 rings (SSSR count). The Labute approximate surface area is 117 Å². The standard InChI is InChI=1S/C13H23F2NO4/c1-5-12(6-2,10(18)13(14,15)9-17)20-11(19)16(7-3)8-4/h17H,5-9H2,1-4H3. The smallest absolute Gasteiger partial charge is 0.410 e. The molecule has 0 radical (unpaired) electrons. The fourth-order valence-electron chi connectivity index (χ4n) is 1.88. The highest BCUT2D eigenvalue weighted by atomic mass is 19.3. The molecule has 118 valence electrons. The van der Waals surface area contributed by atoms with E-state index in [1.165, 1.54) is 18.7 Å². The number of aliphatic hydroxyl groups is 1. The number of nitrogens with zero attached hydrogens (tertiary/aromatic N) is 1. The Hall–Kier alpha value is -1.24. The molecule has 0 spiro atoms. The molecule has 0 aliphatic carbocycles. The predicted octanol–water partition coefficient (Wildman–Crippen LogP) is 2.22. The minimum atomic E-state index is -3.92. The van der Waals surface area contributed by atoms with Gasteiger partial charge in [0.2, 0.25) is 5.78 Å². The van der Waals surface area contributed by atoms with Gasteiger partial charge in [0.25, 0.3) is 0 Å². The maximum absolute atomic E-state index is 13.4. The van der Waals surface area contributed by atoms with Crippen molar-refractivity contribution in [3.63, 3.8) is 0 Å². The third kappa shape index (κ3) is 3.88. The quantitative estimate of drug-likeness (QED) is 0.745. The van der Waals surface area contributed by atoms with Gasteiger partial charge >= 0.3 is 12.0 Å². The SMILES string of the molecule is CCN(CC)C(=O)OC(CC)(CC)C(=O)C(F)(F)CO. The second kappa shape index (κ2) is 7.52. The van der Waals surface area contributed by atoms with E-state index in [0.717, 1.165) is 0 Å². The minimum Gasteiger partial charge on any atom is -0.435 e. The van der Waals surface area contributed by atoms with Gasteiger partial charge in [-0.25, -0.2) is 4.79 Å². The van der Waals surface area contributed by atoms with E-state index >= 15 is 0 Å². The summed E-state index contributed by atoms with van der Waals surface area (Å²) in [7, 11) is 0. The number of Topliss-reactive ketones (excluding diaryl/α,β-unsaturated/α-hetero) is 1. The first-order valence-corrected chi connectivity index (χ1v) is 6.76. The van der Waals surface area contributed by atoms with Crippen LogP contribution in [0.25, 0.3) is 0 Å². The monoisotopic (exact) mass is 295 g/mol. The highest BCUT2D eigenvalue weighted by Crippen LogP contribution is 2.31. The van der Waals surface area contributed by atoms with E-state index in [4.69, 9.17) is 9.84 Å². The molecule has 0 aromatic rings. The number of carbonyl (C=O) groups excluding carboxylic acids is 2. The molecule has 0 saturated heterocycles. The molecule has 0 saturated carbocycles. The number of rotatable bonds is 8. The number of alkyl halides is 2. The molecule has 0 aromatic heterocycles. The normalized spacial score (nSPS) is 12.2. The van der Waals surface area contributed by atoms with Gasteiger partial charge in [-0.2, -0.15) is 8.78 Å². The first-order chi connectivity index (χ1) is 9.24. The van der Waals surface area contributed by atoms with Gasteiger partial charge in [0.15, 0.2) is 5.60 Å². The molecule has 20 heavy (non-hydrogen) atoms. The summed E-state index contributed by atoms with van der Waals surface area (Å²) in [5.41, 5.74) is -1.91. The number of amides is 1. The van der Waals surface area contributed by atoms with Crippen molar-refractivity contribution in [1.29, 1.82) is 0 Å². The summed E-state index contributed by atoms with van der Waals surface area (Å²) < 4.78 is 31.9. The van der Waals surface area contributed by atoms with E-state index in [1.54, 1.807) is 13.8 Å². The van der Waals surface area contributed by atoms with Crippen LogP contribution in [-0.4, -0.2) is 53.1 Å². The van der Waals surface area contributed by atoms with E-state index in [2.05, 4.69) is 0 Å². The van der Waals surface area contributed by atoms with Gasteiger partial charge in [-0.1, -0.05) is 13.8 Å². The summed E-state index contributed by atoms with van der Waals surface area (Å²) >= 11 is 0. The van der Waals surface area contributed by atoms with Crippen LogP contribution in [0, 0.1) is 0 Å². The number of hydrogen-bond donors (Lipinski definition) is 1. The largest absolute Gasteiger partial charge is 0.435 e. The molecule has 0 aliphatic rings. The topological polar surface area (TPSA) is 66.8 Å². The molecular formula is C13H23F2NO4. The van der Waals surface area contributed by atoms with E-state index in [0.29, 0.717) is 13.1 Å². The van der Waals surface area contributed by atoms with Crippen molar-refractivity contribution in [1.82, 2.24) is 4.90 Å². The summed E-state index contributed by atoms with van der Waals surface area (Å²) in [4.78, 5) is 25.1. The van der Waals surface area contributed by atoms with E-state index in [1.807, 2.05) is 0 Å². The number of ether oxygens (including phenoxy) is 1. The van der Waals surface area contributed by atoms with Crippen LogP contribution in [0.15, 0.2) is 0 Å². The molecule has 0 unspecified atom stereocenters. The molecule has 1 N–H and O–H groups in total. The van der Waals surface area contributed by atoms with Gasteiger partial charge in [-0.3, -0.25) is 4.79 Å². The van der Waals surface area contributed by atoms with Gasteiger partial charge in [0.1, 0.15) is 6.61 Å². The number of halogens is 2. The average molecular weight is 295 g/mol. The van der Waals surface area contributed by atoms with Gasteiger partial charge < -0.3 is 14.7 Å². The van der Waals surface area contributed by atoms with Gasteiger partial charge in [0, 0.05) is 13.1 Å². The second-order valence-corrected chi connectivity index (χ2v) is 4.43. The van der Waals surface area contributed by atoms with Crippen LogP contribution in [0.4, 0.5) is 13.6 Å². The Morgan fingerprint density at radius 3 is 1.85 bits per heavy atom. The minimum absolute atomic E-state index is 0.0784. The summed E-state index contributed by atoms with van der Waals surface area (Å²) in [5, 5.41) is 8.63. The maximum atomic E-state index is 13.4. The third-order valence-electron chi connectivity index (χ3n) is 3.39. The van der Waals surface area contributed by atoms with Crippen molar-refractivity contribution in [3.05, 3.63) is 0 Å². The van der Waals surface area contributed by atoms with Gasteiger partial charge in [0.05, 0.1) is 0 Å². The molecule has 7 heteroatoms. The van der Waals surface area contributed by atoms with E-state index in [-0.39, 0.29) is 12.8 Å². The molecule has 0 heterocycles. The molecule has 0 atom stereocenters. The number of carbonyl (C=O) groups is 2. The number of aliphatic hydroxyl groups excluding tert-OH is 1. The zero-order valence-electron chi connectivity index (χ0n) is 12.4. The predicted molar refractivity (Wildman–Crippen MR) is 69.8 cm³/mol. The summed E-state index contributed by atoms with van der Waals surface area (Å²) in [6.45, 7) is 5.51. The fraction of sp³-hybridized carbons (Fsp3) is 0.846. The Morgan fingerprint density at radius 1 is 1.10 bits per heavy atom. The van der Waals surface area contributed by atoms with Gasteiger partial charge in [-0.15, -0.1) is 0 Å². The third-order valence-corrected chi connectivity index (χ3v) is 3.39. The fourth-order valence-corrected chi connectivity index (χ4v) is 1.88. The Morgan fingerprint density at radius 2 is 1.55 bits per heavy atom. The van der Waals surface area contributed by atoms with Crippen molar-refractivity contribution < 1.29 is 28.2 Å². The van der Waals surface area contributed by atoms with Crippen LogP contribution in [-0.2, 0) is 9.53 Å². The van der Waals surface area contributed by atoms with Crippen LogP contribution in [0.2, 0.25) is 0 Å². The molecule has 0 bridgehead atoms. The number of hydrogen-bond acceptors (Lipinski definition) is 4. The number of ketones is 1. The zero-order chi connectivity index (χ0) is 16.0. The molecule has 0 aromatic carbocycles. The van der Waals surface area contributed by atoms with Crippen molar-refractivity contribution in [3.8, 4) is 0 Å². The Balaban J connectivity index is 5.32. The highest BCUT2D eigenvalue weighted by Gasteiger charge is 2.52. The second-order valence-electron chi connectivity index (χ2n) is 4.43. The highest BCUT2D eigenvalue weighted by molar-refractivity contribution is 5.95. The summed E-state index contributed by atoms with van der Waals surface area (Å²) in [6.07, 6.45) is -0.962. The van der Waals surface area contributed by atoms with Crippen LogP contribution >= 0.6 is 0 Å². The maximum Gasteiger partial charge on any atom is 0.410 e. The first-order valence-electron chi connectivity index (χ1n) is 6.76. The Kier molecular flexibility index (Phi) is 7.05. The lowest BCUT2D eigenvalue weighted by atomic mass is 9.88. The zero-order valence-corrected chi connectivity index (χ0v) is 12.4. The lowest BCUT2D eigenvalue weighted by molar-refractivity contribution is -0.170. The summed E-state index contributed by atoms with van der Waals surface area (Å²) in [6, 6.07) is 0. The van der Waals surface area contributed by atoms with Crippen LogP contribution < -0.4 is 0 Å². The van der Waals surface area contributed by atoms with Crippen LogP contribution in [0.5, 0.6) is 0 Å². The average Bonchev–Trinajstić information content (AvgIpc) is 2.45. The first kappa shape index (κ1) is 18.8. The molecule has 0 fully saturated rings. The van der Waals surface area contributed by atoms with Crippen LogP contribution in [0.1, 0.15) is 40.5 Å². The van der Waals surface area contributed by atoms with Crippen molar-refractivity contribution >= 4 is 11.9 Å². The van der Waals surface area contributed by atoms with Crippen molar-refractivity contribution in [2.75, 3.05) is 19.7 Å². The lowest BCUT2D eigenvalue weighted by Crippen LogP contribution is -2.53. The summed E-state index contributed by atoms with van der Waals surface area (Å²) in [5.74, 6) is -5.48. The van der Waals surface area contributed by atoms with E-state index in [9.17, 15) is 18.4 Å². The van der Waals surface area contributed by atoms with Gasteiger partial charge in [-0.05, 0) is 26.7 Å². The lowest BCUT2D eigenvalue weighted by Gasteiger charge is -2.34. The van der Waals surface area contributed by atoms with Crippen LogP contribution in [0.3, 0.4) is 0 Å².